The number of nitrogens with one attached hydrogen (secondary N) is 1. The Morgan fingerprint density at radius 1 is 1.30 bits per heavy atom. The molecule has 0 bridgehead atoms. The molecule has 0 aliphatic rings. The van der Waals surface area contributed by atoms with Gasteiger partial charge in [-0.2, -0.15) is 5.10 Å². The molecule has 106 valence electrons. The van der Waals surface area contributed by atoms with E-state index < -0.39 is 23.1 Å². The zero-order chi connectivity index (χ0) is 15.0. The van der Waals surface area contributed by atoms with E-state index in [1.807, 2.05) is 0 Å². The highest BCUT2D eigenvalue weighted by atomic mass is 79.9. The van der Waals surface area contributed by atoms with Gasteiger partial charge >= 0.3 is 0 Å². The summed E-state index contributed by atoms with van der Waals surface area (Å²) in [6, 6.07) is 2.09. The summed E-state index contributed by atoms with van der Waals surface area (Å²) in [6.45, 7) is 3.46. The first-order chi connectivity index (χ1) is 9.31. The van der Waals surface area contributed by atoms with Crippen molar-refractivity contribution in [2.45, 2.75) is 13.8 Å². The van der Waals surface area contributed by atoms with Gasteiger partial charge in [-0.1, -0.05) is 15.9 Å². The summed E-state index contributed by atoms with van der Waals surface area (Å²) in [6.07, 6.45) is 0. The van der Waals surface area contributed by atoms with Crippen LogP contribution in [0.3, 0.4) is 0 Å². The maximum absolute atomic E-state index is 13.7. The highest BCUT2D eigenvalue weighted by molar-refractivity contribution is 9.10. The Labute approximate surface area is 122 Å². The summed E-state index contributed by atoms with van der Waals surface area (Å²) >= 11 is 2.96. The number of hydrogen-bond acceptors (Lipinski definition) is 2. The molecule has 1 aromatic carbocycles. The van der Waals surface area contributed by atoms with Crippen molar-refractivity contribution in [1.82, 2.24) is 9.78 Å². The van der Waals surface area contributed by atoms with E-state index in [9.17, 15) is 13.6 Å². The van der Waals surface area contributed by atoms with E-state index in [1.54, 1.807) is 25.6 Å². The Kier molecular flexibility index (Phi) is 3.89. The molecule has 20 heavy (non-hydrogen) atoms. The first-order valence-electron chi connectivity index (χ1n) is 5.77. The number of halogens is 3. The Morgan fingerprint density at radius 3 is 2.30 bits per heavy atom. The molecule has 1 amide bonds. The summed E-state index contributed by atoms with van der Waals surface area (Å²) in [5.41, 5.74) is 1.13. The van der Waals surface area contributed by atoms with Gasteiger partial charge in [0, 0.05) is 11.5 Å². The largest absolute Gasteiger partial charge is 0.319 e. The van der Waals surface area contributed by atoms with E-state index in [4.69, 9.17) is 0 Å². The third-order valence-electron chi connectivity index (χ3n) is 2.98. The molecule has 0 atom stereocenters. The number of aryl methyl sites for hydroxylation is 2. The minimum Gasteiger partial charge on any atom is -0.319 e. The second-order valence-corrected chi connectivity index (χ2v) is 5.28. The van der Waals surface area contributed by atoms with Crippen molar-refractivity contribution >= 4 is 27.5 Å². The molecule has 0 aliphatic heterocycles. The predicted molar refractivity (Wildman–Crippen MR) is 74.7 cm³/mol. The fraction of sp³-hybridized carbons (Fsp3) is 0.231. The third-order valence-corrected chi connectivity index (χ3v) is 3.44. The van der Waals surface area contributed by atoms with Gasteiger partial charge in [-0.05, 0) is 26.0 Å². The fourth-order valence-corrected chi connectivity index (χ4v) is 2.29. The lowest BCUT2D eigenvalue weighted by Gasteiger charge is -2.08. The Morgan fingerprint density at radius 2 is 1.85 bits per heavy atom. The van der Waals surface area contributed by atoms with Gasteiger partial charge in [0.15, 0.2) is 0 Å². The van der Waals surface area contributed by atoms with Crippen molar-refractivity contribution in [2.75, 3.05) is 5.32 Å². The second kappa shape index (κ2) is 5.32. The lowest BCUT2D eigenvalue weighted by Crippen LogP contribution is -2.17. The smallest absolute Gasteiger partial charge is 0.261 e. The van der Waals surface area contributed by atoms with Gasteiger partial charge in [-0.15, -0.1) is 0 Å². The number of aromatic nitrogens is 2. The highest BCUT2D eigenvalue weighted by Gasteiger charge is 2.21. The SMILES string of the molecule is Cc1nn(C)c(C)c1NC(=O)c1c(F)cc(Br)cc1F. The third kappa shape index (κ3) is 2.58. The first kappa shape index (κ1) is 14.6. The van der Waals surface area contributed by atoms with Crippen LogP contribution >= 0.6 is 15.9 Å². The molecule has 0 spiro atoms. The van der Waals surface area contributed by atoms with E-state index in [1.165, 1.54) is 0 Å². The quantitative estimate of drug-likeness (QED) is 0.909. The van der Waals surface area contributed by atoms with E-state index in [-0.39, 0.29) is 4.47 Å². The van der Waals surface area contributed by atoms with E-state index in [0.29, 0.717) is 17.1 Å². The summed E-state index contributed by atoms with van der Waals surface area (Å²) in [5.74, 6) is -2.69. The van der Waals surface area contributed by atoms with Crippen LogP contribution in [-0.2, 0) is 7.05 Å². The Bertz CT molecular complexity index is 674. The van der Waals surface area contributed by atoms with Crippen molar-refractivity contribution in [1.29, 1.82) is 0 Å². The van der Waals surface area contributed by atoms with Crippen LogP contribution in [0.1, 0.15) is 21.7 Å². The lowest BCUT2D eigenvalue weighted by molar-refractivity contribution is 0.101. The number of benzene rings is 1. The highest BCUT2D eigenvalue weighted by Crippen LogP contribution is 2.23. The molecule has 0 saturated carbocycles. The molecule has 1 heterocycles. The molecule has 4 nitrogen and oxygen atoms in total. The number of hydrogen-bond donors (Lipinski definition) is 1. The molecular formula is C13H12BrF2N3O. The zero-order valence-corrected chi connectivity index (χ0v) is 12.7. The van der Waals surface area contributed by atoms with Crippen LogP contribution in [0.25, 0.3) is 0 Å². The maximum Gasteiger partial charge on any atom is 0.261 e. The summed E-state index contributed by atoms with van der Waals surface area (Å²) in [5, 5.41) is 6.62. The number of carbonyl (C=O) groups excluding carboxylic acids is 1. The topological polar surface area (TPSA) is 46.9 Å². The average Bonchev–Trinajstić information content (AvgIpc) is 2.54. The molecule has 2 aromatic rings. The van der Waals surface area contributed by atoms with Crippen molar-refractivity contribution < 1.29 is 13.6 Å². The lowest BCUT2D eigenvalue weighted by atomic mass is 10.1. The van der Waals surface area contributed by atoms with Crippen LogP contribution in [0.15, 0.2) is 16.6 Å². The van der Waals surface area contributed by atoms with Crippen molar-refractivity contribution in [3.63, 3.8) is 0 Å². The standard InChI is InChI=1S/C13H12BrF2N3O/c1-6-12(7(2)19(3)18-6)17-13(20)11-9(15)4-8(14)5-10(11)16/h4-5H,1-3H3,(H,17,20). The molecule has 0 aliphatic carbocycles. The zero-order valence-electron chi connectivity index (χ0n) is 11.1. The summed E-state index contributed by atoms with van der Waals surface area (Å²) < 4.78 is 29.3. The van der Waals surface area contributed by atoms with Gasteiger partial charge < -0.3 is 5.32 Å². The number of amides is 1. The summed E-state index contributed by atoms with van der Waals surface area (Å²) in [7, 11) is 1.72. The van der Waals surface area contributed by atoms with Gasteiger partial charge in [0.2, 0.25) is 0 Å². The number of rotatable bonds is 2. The molecule has 1 N–H and O–H groups in total. The van der Waals surface area contributed by atoms with E-state index >= 15 is 0 Å². The summed E-state index contributed by atoms with van der Waals surface area (Å²) in [4.78, 5) is 12.0. The normalized spacial score (nSPS) is 10.7. The number of nitrogens with zero attached hydrogens (tertiary/aromatic N) is 2. The van der Waals surface area contributed by atoms with Crippen LogP contribution in [0, 0.1) is 25.5 Å². The molecule has 0 unspecified atom stereocenters. The van der Waals surface area contributed by atoms with Gasteiger partial charge in [0.1, 0.15) is 17.2 Å². The van der Waals surface area contributed by atoms with Gasteiger partial charge in [-0.25, -0.2) is 8.78 Å². The van der Waals surface area contributed by atoms with Gasteiger partial charge in [0.25, 0.3) is 5.91 Å². The molecular weight excluding hydrogens is 332 g/mol. The fourth-order valence-electron chi connectivity index (χ4n) is 1.89. The molecule has 0 radical (unpaired) electrons. The molecule has 0 fully saturated rings. The monoisotopic (exact) mass is 343 g/mol. The van der Waals surface area contributed by atoms with Crippen molar-refractivity contribution in [3.8, 4) is 0 Å². The van der Waals surface area contributed by atoms with Crippen LogP contribution in [0.2, 0.25) is 0 Å². The van der Waals surface area contributed by atoms with Crippen molar-refractivity contribution in [3.05, 3.63) is 45.2 Å². The van der Waals surface area contributed by atoms with E-state index in [2.05, 4.69) is 26.3 Å². The minimum absolute atomic E-state index is 0.234. The average molecular weight is 344 g/mol. The molecule has 0 saturated heterocycles. The van der Waals surface area contributed by atoms with Crippen LogP contribution in [-0.4, -0.2) is 15.7 Å². The first-order valence-corrected chi connectivity index (χ1v) is 6.56. The minimum atomic E-state index is -0.923. The van der Waals surface area contributed by atoms with Crippen LogP contribution in [0.4, 0.5) is 14.5 Å². The Hall–Kier alpha value is -1.76. The van der Waals surface area contributed by atoms with Crippen LogP contribution in [0.5, 0.6) is 0 Å². The van der Waals surface area contributed by atoms with Gasteiger partial charge in [0.05, 0.1) is 17.1 Å². The number of anilines is 1. The second-order valence-electron chi connectivity index (χ2n) is 4.37. The predicted octanol–water partition coefficient (Wildman–Crippen LogP) is 3.33. The maximum atomic E-state index is 13.7. The van der Waals surface area contributed by atoms with E-state index in [0.717, 1.165) is 12.1 Å². The number of carbonyl (C=O) groups is 1. The van der Waals surface area contributed by atoms with Gasteiger partial charge in [-0.3, -0.25) is 9.48 Å². The molecule has 7 heteroatoms. The molecule has 1 aromatic heterocycles. The van der Waals surface area contributed by atoms with Crippen LogP contribution < -0.4 is 5.32 Å². The van der Waals surface area contributed by atoms with Crippen molar-refractivity contribution in [2.24, 2.45) is 7.05 Å². The Balaban J connectivity index is 2.38. The molecule has 2 rings (SSSR count).